The molecule has 1 N–H and O–H groups in total. The maximum atomic E-state index is 12.9. The summed E-state index contributed by atoms with van der Waals surface area (Å²) in [4.78, 5) is 25.8. The van der Waals surface area contributed by atoms with Crippen molar-refractivity contribution in [1.82, 2.24) is 19.8 Å². The number of nitrogens with one attached hydrogen (secondary N) is 1. The molecule has 160 valence electrons. The molecule has 0 spiro atoms. The molecule has 0 saturated carbocycles. The number of hydrogen-bond acceptors (Lipinski definition) is 4. The summed E-state index contributed by atoms with van der Waals surface area (Å²) in [6.45, 7) is 5.21. The number of amides is 1. The molecule has 6 heteroatoms. The topological polar surface area (TPSA) is 61.5 Å². The second kappa shape index (κ2) is 8.90. The Morgan fingerprint density at radius 2 is 1.83 bits per heavy atom. The van der Waals surface area contributed by atoms with Crippen molar-refractivity contribution in [3.8, 4) is 0 Å². The van der Waals surface area contributed by atoms with Gasteiger partial charge in [-0.1, -0.05) is 30.3 Å². The fourth-order valence-electron chi connectivity index (χ4n) is 5.51. The van der Waals surface area contributed by atoms with Crippen LogP contribution in [0.1, 0.15) is 48.7 Å². The quantitative estimate of drug-likeness (QED) is 0.844. The van der Waals surface area contributed by atoms with Crippen molar-refractivity contribution in [3.63, 3.8) is 0 Å². The Kier molecular flexibility index (Phi) is 5.86. The summed E-state index contributed by atoms with van der Waals surface area (Å²) in [5, 5.41) is 0. The van der Waals surface area contributed by atoms with Gasteiger partial charge in [0, 0.05) is 57.4 Å². The summed E-state index contributed by atoms with van der Waals surface area (Å²) >= 11 is 0. The zero-order chi connectivity index (χ0) is 20.3. The number of nitrogens with zero attached hydrogens (tertiary/aromatic N) is 3. The molecule has 1 aromatic carbocycles. The van der Waals surface area contributed by atoms with Gasteiger partial charge < -0.3 is 14.6 Å². The third-order valence-electron chi connectivity index (χ3n) is 7.17. The Morgan fingerprint density at radius 3 is 2.60 bits per heavy atom. The first kappa shape index (κ1) is 19.8. The monoisotopic (exact) mass is 408 g/mol. The van der Waals surface area contributed by atoms with E-state index in [4.69, 9.17) is 9.72 Å². The minimum Gasteiger partial charge on any atom is -0.381 e. The molecule has 4 heterocycles. The van der Waals surface area contributed by atoms with E-state index in [1.807, 2.05) is 6.33 Å². The molecular weight excluding hydrogens is 376 g/mol. The van der Waals surface area contributed by atoms with Crippen molar-refractivity contribution in [1.29, 1.82) is 0 Å². The lowest BCUT2D eigenvalue weighted by atomic mass is 9.83. The van der Waals surface area contributed by atoms with Gasteiger partial charge in [-0.2, -0.15) is 0 Å². The highest BCUT2D eigenvalue weighted by Crippen LogP contribution is 2.39. The van der Waals surface area contributed by atoms with Gasteiger partial charge in [-0.15, -0.1) is 0 Å². The Morgan fingerprint density at radius 1 is 1.07 bits per heavy atom. The number of imidazole rings is 1. The zero-order valence-electron chi connectivity index (χ0n) is 17.6. The minimum absolute atomic E-state index is 0.164. The molecule has 3 aliphatic rings. The van der Waals surface area contributed by atoms with Crippen LogP contribution in [0, 0.1) is 11.8 Å². The number of piperidine rings is 1. The number of fused-ring (bicyclic) bond motifs is 1. The average Bonchev–Trinajstić information content (AvgIpc) is 3.29. The molecule has 2 aromatic rings. The van der Waals surface area contributed by atoms with E-state index in [9.17, 15) is 4.79 Å². The molecule has 2 saturated heterocycles. The van der Waals surface area contributed by atoms with Crippen molar-refractivity contribution in [2.24, 2.45) is 11.8 Å². The number of ether oxygens (including phenoxy) is 1. The third kappa shape index (κ3) is 4.03. The van der Waals surface area contributed by atoms with Gasteiger partial charge in [0.25, 0.3) is 0 Å². The first-order valence-corrected chi connectivity index (χ1v) is 11.5. The number of H-pyrrole nitrogens is 1. The number of benzene rings is 1. The number of aromatic nitrogens is 2. The highest BCUT2D eigenvalue weighted by atomic mass is 16.5. The van der Waals surface area contributed by atoms with Crippen LogP contribution in [0.5, 0.6) is 0 Å². The van der Waals surface area contributed by atoms with Gasteiger partial charge in [0.15, 0.2) is 0 Å². The molecule has 0 aliphatic carbocycles. The first-order valence-electron chi connectivity index (χ1n) is 11.5. The van der Waals surface area contributed by atoms with Crippen LogP contribution in [0.25, 0.3) is 0 Å². The van der Waals surface area contributed by atoms with Gasteiger partial charge in [-0.3, -0.25) is 9.69 Å². The molecule has 1 aromatic heterocycles. The van der Waals surface area contributed by atoms with Gasteiger partial charge in [0.1, 0.15) is 0 Å². The maximum Gasteiger partial charge on any atom is 0.225 e. The van der Waals surface area contributed by atoms with Crippen LogP contribution < -0.4 is 0 Å². The largest absolute Gasteiger partial charge is 0.381 e. The van der Waals surface area contributed by atoms with Crippen LogP contribution in [0.2, 0.25) is 0 Å². The van der Waals surface area contributed by atoms with Crippen molar-refractivity contribution < 1.29 is 9.53 Å². The van der Waals surface area contributed by atoms with E-state index in [0.29, 0.717) is 17.9 Å². The average molecular weight is 409 g/mol. The molecule has 0 bridgehead atoms. The second-order valence-electron chi connectivity index (χ2n) is 8.97. The molecule has 1 amide bonds. The number of carbonyl (C=O) groups excluding carboxylic acids is 1. The fourth-order valence-corrected chi connectivity index (χ4v) is 5.51. The predicted octanol–water partition coefficient (Wildman–Crippen LogP) is 3.17. The van der Waals surface area contributed by atoms with Crippen LogP contribution in [-0.2, 0) is 22.5 Å². The van der Waals surface area contributed by atoms with Gasteiger partial charge >= 0.3 is 0 Å². The molecule has 3 aliphatic heterocycles. The Bertz CT molecular complexity index is 838. The van der Waals surface area contributed by atoms with Crippen LogP contribution in [0.15, 0.2) is 36.7 Å². The minimum atomic E-state index is 0.164. The lowest BCUT2D eigenvalue weighted by Gasteiger charge is -2.43. The molecular formula is C24H32N4O2. The lowest BCUT2D eigenvalue weighted by molar-refractivity contribution is -0.140. The molecule has 30 heavy (non-hydrogen) atoms. The van der Waals surface area contributed by atoms with Crippen molar-refractivity contribution in [3.05, 3.63) is 53.6 Å². The summed E-state index contributed by atoms with van der Waals surface area (Å²) in [6.07, 6.45) is 6.74. The summed E-state index contributed by atoms with van der Waals surface area (Å²) in [7, 11) is 0. The molecule has 2 fully saturated rings. The predicted molar refractivity (Wildman–Crippen MR) is 115 cm³/mol. The van der Waals surface area contributed by atoms with Crippen molar-refractivity contribution in [2.45, 2.75) is 44.7 Å². The normalized spacial score (nSPS) is 24.0. The zero-order valence-corrected chi connectivity index (χ0v) is 17.6. The van der Waals surface area contributed by atoms with Crippen molar-refractivity contribution in [2.75, 3.05) is 32.8 Å². The highest BCUT2D eigenvalue weighted by molar-refractivity contribution is 5.79. The van der Waals surface area contributed by atoms with Gasteiger partial charge in [-0.05, 0) is 37.2 Å². The molecule has 1 unspecified atom stereocenters. The number of hydrogen-bond donors (Lipinski definition) is 1. The first-order chi connectivity index (χ1) is 14.8. The Labute approximate surface area is 178 Å². The van der Waals surface area contributed by atoms with Gasteiger partial charge in [-0.25, -0.2) is 4.98 Å². The lowest BCUT2D eigenvalue weighted by Crippen LogP contribution is -2.47. The summed E-state index contributed by atoms with van der Waals surface area (Å²) < 4.78 is 5.43. The van der Waals surface area contributed by atoms with E-state index in [0.717, 1.165) is 71.5 Å². The summed E-state index contributed by atoms with van der Waals surface area (Å²) in [5.74, 6) is 1.05. The highest BCUT2D eigenvalue weighted by Gasteiger charge is 2.38. The number of carbonyl (C=O) groups is 1. The van der Waals surface area contributed by atoms with E-state index in [-0.39, 0.29) is 5.92 Å². The number of aromatic amines is 1. The van der Waals surface area contributed by atoms with Crippen LogP contribution in [0.3, 0.4) is 0 Å². The van der Waals surface area contributed by atoms with Crippen LogP contribution >= 0.6 is 0 Å². The van der Waals surface area contributed by atoms with E-state index < -0.39 is 0 Å². The van der Waals surface area contributed by atoms with Gasteiger partial charge in [0.2, 0.25) is 5.91 Å². The van der Waals surface area contributed by atoms with Crippen molar-refractivity contribution >= 4 is 5.91 Å². The Balaban J connectivity index is 1.28. The van der Waals surface area contributed by atoms with E-state index >= 15 is 0 Å². The molecule has 0 radical (unpaired) electrons. The maximum absolute atomic E-state index is 12.9. The van der Waals surface area contributed by atoms with E-state index in [1.165, 1.54) is 17.0 Å². The number of rotatable bonds is 4. The summed E-state index contributed by atoms with van der Waals surface area (Å²) in [6, 6.07) is 11.1. The molecule has 1 atom stereocenters. The van der Waals surface area contributed by atoms with Gasteiger partial charge in [0.05, 0.1) is 18.1 Å². The van der Waals surface area contributed by atoms with Crippen LogP contribution in [-0.4, -0.2) is 58.5 Å². The van der Waals surface area contributed by atoms with E-state index in [1.54, 1.807) is 0 Å². The summed E-state index contributed by atoms with van der Waals surface area (Å²) in [5.41, 5.74) is 3.88. The number of likely N-dealkylation sites (tertiary alicyclic amines) is 1. The Hall–Kier alpha value is -2.18. The third-order valence-corrected chi connectivity index (χ3v) is 7.17. The fraction of sp³-hybridized carbons (Fsp3) is 0.583. The SMILES string of the molecule is O=C(C1CCOCC1)N1CCC(C2c3nc[nH]c3CCN2Cc2ccccc2)CC1. The smallest absolute Gasteiger partial charge is 0.225 e. The molecule has 5 rings (SSSR count). The molecule has 6 nitrogen and oxygen atoms in total. The standard InChI is InChI=1S/C24H32N4O2/c29-24(20-9-14-30-15-10-20)27-11-6-19(7-12-27)23-22-21(25-17-26-22)8-13-28(23)16-18-4-2-1-3-5-18/h1-5,17,19-20,23H,6-16H2,(H,25,26). The van der Waals surface area contributed by atoms with Crippen LogP contribution in [0.4, 0.5) is 0 Å². The second-order valence-corrected chi connectivity index (χ2v) is 8.97. The van der Waals surface area contributed by atoms with E-state index in [2.05, 4.69) is 45.1 Å².